The number of imidazole rings is 1. The Balaban J connectivity index is 1.36. The highest BCUT2D eigenvalue weighted by Gasteiger charge is 2.35. The predicted octanol–water partition coefficient (Wildman–Crippen LogP) is 3.89. The summed E-state index contributed by atoms with van der Waals surface area (Å²) in [6.45, 7) is 6.81. The number of aryl methyl sites for hydroxylation is 1. The van der Waals surface area contributed by atoms with Gasteiger partial charge in [0, 0.05) is 76.9 Å². The van der Waals surface area contributed by atoms with E-state index in [2.05, 4.69) is 40.9 Å². The van der Waals surface area contributed by atoms with Gasteiger partial charge in [-0.2, -0.15) is 5.10 Å². The van der Waals surface area contributed by atoms with Gasteiger partial charge in [0.1, 0.15) is 16.7 Å². The van der Waals surface area contributed by atoms with Crippen molar-refractivity contribution in [2.45, 2.75) is 50.1 Å². The highest BCUT2D eigenvalue weighted by Crippen LogP contribution is 2.32. The third-order valence-electron chi connectivity index (χ3n) is 9.03. The van der Waals surface area contributed by atoms with Gasteiger partial charge in [0.15, 0.2) is 0 Å². The Labute approximate surface area is 284 Å². The zero-order chi connectivity index (χ0) is 33.5. The number of carbonyl (C=O) groups is 1. The molecule has 6 rings (SSSR count). The molecule has 2 N–H and O–H groups in total. The molecule has 48 heavy (non-hydrogen) atoms. The van der Waals surface area contributed by atoms with Crippen LogP contribution in [0.3, 0.4) is 0 Å². The highest BCUT2D eigenvalue weighted by atomic mass is 32.2. The van der Waals surface area contributed by atoms with Crippen LogP contribution < -0.4 is 16.3 Å². The standard InChI is InChI=1S/C36H46N8O3S/c1-3-12-32(28-13-6-4-7-14-28)38-18-11-22-43-34(35(45)41-23-19-37-20-24-41)33(29-15-8-5-9-16-29)44(36(43)46)30-17-10-21-42(26-30)48(47)31-25-39-40(2)27-31/h4-9,12-16,25,27,30,37-38H,3,10-11,17-24,26H2,1-2H3/b32-12+. The first-order chi connectivity index (χ1) is 23.5. The van der Waals surface area contributed by atoms with Crippen molar-refractivity contribution in [3.63, 3.8) is 0 Å². The average molecular weight is 671 g/mol. The first kappa shape index (κ1) is 33.6. The van der Waals surface area contributed by atoms with Crippen LogP contribution in [-0.2, 0) is 24.6 Å². The second-order valence-corrected chi connectivity index (χ2v) is 13.9. The highest BCUT2D eigenvalue weighted by molar-refractivity contribution is 7.82. The number of nitrogens with one attached hydrogen (secondary N) is 2. The number of amides is 1. The molecule has 2 unspecified atom stereocenters. The number of piperazine rings is 1. The largest absolute Gasteiger partial charge is 0.385 e. The lowest BCUT2D eigenvalue weighted by molar-refractivity contribution is 0.0725. The van der Waals surface area contributed by atoms with E-state index in [1.807, 2.05) is 69.4 Å². The molecule has 0 spiro atoms. The van der Waals surface area contributed by atoms with Gasteiger partial charge in [-0.3, -0.25) is 18.6 Å². The van der Waals surface area contributed by atoms with Crippen LogP contribution >= 0.6 is 0 Å². The molecule has 0 aliphatic carbocycles. The summed E-state index contributed by atoms with van der Waals surface area (Å²) < 4.78 is 20.7. The molecule has 2 aliphatic rings. The van der Waals surface area contributed by atoms with Crippen LogP contribution in [0.15, 0.2) is 88.8 Å². The van der Waals surface area contributed by atoms with E-state index in [0.29, 0.717) is 75.1 Å². The van der Waals surface area contributed by atoms with E-state index in [4.69, 9.17) is 0 Å². The van der Waals surface area contributed by atoms with Crippen molar-refractivity contribution in [3.05, 3.63) is 101 Å². The first-order valence-corrected chi connectivity index (χ1v) is 18.1. The van der Waals surface area contributed by atoms with Crippen molar-refractivity contribution in [3.8, 4) is 11.3 Å². The van der Waals surface area contributed by atoms with E-state index >= 15 is 0 Å². The summed E-state index contributed by atoms with van der Waals surface area (Å²) in [5.41, 5.74) is 3.90. The monoisotopic (exact) mass is 670 g/mol. The van der Waals surface area contributed by atoms with Crippen molar-refractivity contribution in [2.24, 2.45) is 7.05 Å². The third kappa shape index (κ3) is 7.40. The van der Waals surface area contributed by atoms with Crippen molar-refractivity contribution in [2.75, 3.05) is 45.8 Å². The molecule has 0 bridgehead atoms. The number of nitrogens with zero attached hydrogens (tertiary/aromatic N) is 6. The number of benzene rings is 2. The summed E-state index contributed by atoms with van der Waals surface area (Å²) >= 11 is 0. The molecule has 2 aromatic carbocycles. The van der Waals surface area contributed by atoms with E-state index < -0.39 is 11.0 Å². The molecular weight excluding hydrogens is 625 g/mol. The van der Waals surface area contributed by atoms with Crippen molar-refractivity contribution in [1.82, 2.24) is 38.8 Å². The number of piperidine rings is 1. The minimum absolute atomic E-state index is 0.124. The molecule has 0 saturated carbocycles. The maximum Gasteiger partial charge on any atom is 0.329 e. The van der Waals surface area contributed by atoms with Gasteiger partial charge in [-0.25, -0.2) is 13.3 Å². The number of rotatable bonds is 12. The minimum atomic E-state index is -1.41. The van der Waals surface area contributed by atoms with Crippen LogP contribution in [0.2, 0.25) is 0 Å². The summed E-state index contributed by atoms with van der Waals surface area (Å²) in [7, 11) is 0.400. The molecule has 0 radical (unpaired) electrons. The molecule has 2 aliphatic heterocycles. The van der Waals surface area contributed by atoms with Gasteiger partial charge < -0.3 is 15.5 Å². The van der Waals surface area contributed by atoms with Crippen LogP contribution in [0.1, 0.15) is 54.7 Å². The number of aromatic nitrogens is 4. The summed E-state index contributed by atoms with van der Waals surface area (Å²) in [5, 5.41) is 11.1. The molecule has 2 fully saturated rings. The van der Waals surface area contributed by atoms with E-state index in [0.717, 1.165) is 36.1 Å². The van der Waals surface area contributed by atoms with E-state index in [9.17, 15) is 13.8 Å². The fourth-order valence-corrected chi connectivity index (χ4v) is 7.99. The lowest BCUT2D eigenvalue weighted by Gasteiger charge is -2.32. The summed E-state index contributed by atoms with van der Waals surface area (Å²) in [5.74, 6) is -0.124. The van der Waals surface area contributed by atoms with E-state index in [-0.39, 0.29) is 17.6 Å². The molecule has 4 heterocycles. The van der Waals surface area contributed by atoms with Gasteiger partial charge in [0.25, 0.3) is 5.91 Å². The normalized spacial score (nSPS) is 18.2. The molecule has 11 nitrogen and oxygen atoms in total. The van der Waals surface area contributed by atoms with E-state index in [1.165, 1.54) is 0 Å². The van der Waals surface area contributed by atoms with Gasteiger partial charge in [0.2, 0.25) is 0 Å². The fourth-order valence-electron chi connectivity index (χ4n) is 6.71. The Morgan fingerprint density at radius 1 is 1.06 bits per heavy atom. The van der Waals surface area contributed by atoms with Gasteiger partial charge in [-0.05, 0) is 31.2 Å². The van der Waals surface area contributed by atoms with E-state index in [1.54, 1.807) is 21.6 Å². The molecule has 2 saturated heterocycles. The topological polar surface area (TPSA) is 109 Å². The van der Waals surface area contributed by atoms with Crippen LogP contribution in [0.5, 0.6) is 0 Å². The molecular formula is C36H46N8O3S. The zero-order valence-corrected chi connectivity index (χ0v) is 28.7. The Morgan fingerprint density at radius 2 is 1.79 bits per heavy atom. The van der Waals surface area contributed by atoms with Gasteiger partial charge in [-0.1, -0.05) is 73.7 Å². The second-order valence-electron chi connectivity index (χ2n) is 12.4. The average Bonchev–Trinajstić information content (AvgIpc) is 3.70. The SMILES string of the molecule is CC/C=C(/NCCCn1c(C(=O)N2CCNCC2)c(-c2ccccc2)n(C2CCCN(S(=O)c3cnn(C)c3)C2)c1=O)c1ccccc1. The number of hydrogen-bond acceptors (Lipinski definition) is 6. The number of carbonyl (C=O) groups excluding carboxylic acids is 1. The Morgan fingerprint density at radius 3 is 2.48 bits per heavy atom. The van der Waals surface area contributed by atoms with Crippen LogP contribution in [0.4, 0.5) is 0 Å². The molecule has 2 atom stereocenters. The molecule has 1 amide bonds. The van der Waals surface area contributed by atoms with Crippen molar-refractivity contribution < 1.29 is 9.00 Å². The minimum Gasteiger partial charge on any atom is -0.385 e. The Bertz CT molecular complexity index is 1790. The smallest absolute Gasteiger partial charge is 0.329 e. The Kier molecular flexibility index (Phi) is 11.0. The second kappa shape index (κ2) is 15.8. The summed E-state index contributed by atoms with van der Waals surface area (Å²) in [6, 6.07) is 19.8. The number of allylic oxidation sites excluding steroid dienone is 1. The zero-order valence-electron chi connectivity index (χ0n) is 27.9. The maximum atomic E-state index is 14.7. The number of hydrogen-bond donors (Lipinski definition) is 2. The van der Waals surface area contributed by atoms with Gasteiger partial charge in [-0.15, -0.1) is 0 Å². The molecule has 254 valence electrons. The fraction of sp³-hybridized carbons (Fsp3) is 0.417. The maximum absolute atomic E-state index is 14.7. The summed E-state index contributed by atoms with van der Waals surface area (Å²) in [4.78, 5) is 31.6. The Hall–Kier alpha value is -4.26. The van der Waals surface area contributed by atoms with Crippen LogP contribution in [0.25, 0.3) is 17.0 Å². The quantitative estimate of drug-likeness (QED) is 0.222. The lowest BCUT2D eigenvalue weighted by atomic mass is 10.0. The summed E-state index contributed by atoms with van der Waals surface area (Å²) in [6.07, 6.45) is 8.65. The van der Waals surface area contributed by atoms with Crippen molar-refractivity contribution >= 4 is 22.6 Å². The lowest BCUT2D eigenvalue weighted by Crippen LogP contribution is -2.47. The van der Waals surface area contributed by atoms with Crippen LogP contribution in [0, 0.1) is 0 Å². The first-order valence-electron chi connectivity index (χ1n) is 17.0. The van der Waals surface area contributed by atoms with Gasteiger partial charge >= 0.3 is 5.69 Å². The van der Waals surface area contributed by atoms with Gasteiger partial charge in [0.05, 0.1) is 22.8 Å². The van der Waals surface area contributed by atoms with Crippen LogP contribution in [-0.4, -0.2) is 84.0 Å². The predicted molar refractivity (Wildman–Crippen MR) is 190 cm³/mol. The van der Waals surface area contributed by atoms with Crippen molar-refractivity contribution in [1.29, 1.82) is 0 Å². The molecule has 4 aromatic rings. The third-order valence-corrected chi connectivity index (χ3v) is 10.4. The molecule has 2 aromatic heterocycles. The molecule has 12 heteroatoms.